The number of hydrogen-bond donors (Lipinski definition) is 0. The number of thiophene rings is 2. The molecule has 13 aromatic carbocycles. The van der Waals surface area contributed by atoms with Crippen LogP contribution in [0.25, 0.3) is 162 Å². The van der Waals surface area contributed by atoms with Crippen molar-refractivity contribution >= 4 is 112 Å². The van der Waals surface area contributed by atoms with E-state index in [4.69, 9.17) is 0 Å². The molecule has 0 N–H and O–H groups in total. The van der Waals surface area contributed by atoms with E-state index in [-0.39, 0.29) is 0 Å². The largest absolute Gasteiger partial charge is 0.309 e. The summed E-state index contributed by atoms with van der Waals surface area (Å²) in [4.78, 5) is 0. The summed E-state index contributed by atoms with van der Waals surface area (Å²) in [5, 5.41) is 14.4. The van der Waals surface area contributed by atoms with E-state index in [0.29, 0.717) is 0 Å². The third-order valence-electron chi connectivity index (χ3n) is 17.0. The van der Waals surface area contributed by atoms with Gasteiger partial charge in [0.05, 0.1) is 16.7 Å². The monoisotopic (exact) mass is 1040 g/mol. The summed E-state index contributed by atoms with van der Waals surface area (Å²) < 4.78 is 7.77. The predicted octanol–water partition coefficient (Wildman–Crippen LogP) is 21.3. The topological polar surface area (TPSA) is 4.93 Å². The Hall–Kier alpha value is -9.38. The Morgan fingerprint density at radius 2 is 0.759 bits per heavy atom. The van der Waals surface area contributed by atoms with Gasteiger partial charge in [0.25, 0.3) is 0 Å². The molecule has 3 heterocycles. The van der Waals surface area contributed by atoms with Crippen molar-refractivity contribution < 1.29 is 0 Å². The van der Waals surface area contributed by atoms with Crippen LogP contribution in [0.2, 0.25) is 0 Å². The molecule has 0 bridgehead atoms. The lowest BCUT2D eigenvalue weighted by atomic mass is 9.89. The highest BCUT2D eigenvalue weighted by molar-refractivity contribution is 7.26. The van der Waals surface area contributed by atoms with Gasteiger partial charge >= 0.3 is 0 Å². The van der Waals surface area contributed by atoms with Crippen LogP contribution in [0.4, 0.5) is 0 Å². The van der Waals surface area contributed by atoms with Gasteiger partial charge in [-0.1, -0.05) is 182 Å². The van der Waals surface area contributed by atoms with Crippen LogP contribution in [0, 0.1) is 0 Å². The molecule has 368 valence electrons. The van der Waals surface area contributed by atoms with E-state index >= 15 is 0 Å². The van der Waals surface area contributed by atoms with Crippen molar-refractivity contribution in [3.63, 3.8) is 0 Å². The van der Waals surface area contributed by atoms with E-state index in [2.05, 4.69) is 265 Å². The molecular weight excluding hydrogens is 991 g/mol. The smallest absolute Gasteiger partial charge is 0.0541 e. The van der Waals surface area contributed by atoms with Gasteiger partial charge < -0.3 is 4.57 Å². The number of nitrogens with zero attached hydrogens (tertiary/aromatic N) is 1. The second kappa shape index (κ2) is 17.6. The molecular formula is C76H47NS2. The number of aromatic nitrogens is 1. The highest BCUT2D eigenvalue weighted by atomic mass is 32.1. The van der Waals surface area contributed by atoms with Crippen LogP contribution in [0.5, 0.6) is 0 Å². The fourth-order valence-corrected chi connectivity index (χ4v) is 15.6. The van der Waals surface area contributed by atoms with Crippen LogP contribution < -0.4 is 5.22 Å². The van der Waals surface area contributed by atoms with Gasteiger partial charge in [0.1, 0.15) is 0 Å². The van der Waals surface area contributed by atoms with Crippen molar-refractivity contribution in [3.05, 3.63) is 266 Å². The Bertz CT molecular complexity index is 4960. The maximum atomic E-state index is 2.56. The molecule has 0 aliphatic heterocycles. The fraction of sp³-hybridized carbons (Fsp3) is 0.0263. The van der Waals surface area contributed by atoms with E-state index in [1.807, 2.05) is 22.7 Å². The molecule has 0 fully saturated rings. The first-order chi connectivity index (χ1) is 39.1. The van der Waals surface area contributed by atoms with Gasteiger partial charge in [-0.2, -0.15) is 0 Å². The lowest BCUT2D eigenvalue weighted by molar-refractivity contribution is 1.04. The van der Waals surface area contributed by atoms with Gasteiger partial charge in [-0.15, -0.1) is 22.7 Å². The van der Waals surface area contributed by atoms with Crippen LogP contribution in [0.15, 0.2) is 255 Å². The summed E-state index contributed by atoms with van der Waals surface area (Å²) in [5.41, 5.74) is 19.8. The molecule has 0 spiro atoms. The van der Waals surface area contributed by atoms with Crippen molar-refractivity contribution in [2.24, 2.45) is 0 Å². The normalized spacial score (nSPS) is 12.6. The molecule has 3 aromatic heterocycles. The Morgan fingerprint density at radius 1 is 0.304 bits per heavy atom. The minimum absolute atomic E-state index is 1.08. The van der Waals surface area contributed by atoms with Crippen molar-refractivity contribution in [1.82, 2.24) is 4.57 Å². The van der Waals surface area contributed by atoms with Crippen molar-refractivity contribution in [2.75, 3.05) is 0 Å². The maximum Gasteiger partial charge on any atom is 0.0541 e. The van der Waals surface area contributed by atoms with Crippen molar-refractivity contribution in [1.29, 1.82) is 0 Å². The lowest BCUT2D eigenvalue weighted by Gasteiger charge is -2.18. The highest BCUT2D eigenvalue weighted by Crippen LogP contribution is 2.49. The second-order valence-electron chi connectivity index (χ2n) is 21.4. The number of hydrogen-bond acceptors (Lipinski definition) is 2. The first kappa shape index (κ1) is 44.7. The standard InChI is InChI=1S/C76H47NS2/c1-5-14-46(15-6-1)53-30-36-71-64(38-53)66-44-57(48-18-9-3-10-19-48)42-60(75(66)78-71)55-28-34-69-62(40-55)63-41-56(29-35-70(63)77(69)68-33-27-52-25-24-50-22-13-23-51-26-32-59(68)74(52)73(50)51)61-43-58(49-20-11-4-12-21-49)45-67-65-39-54(47-16-7-2-8-17-47)31-37-72(65)79-76(61)67/h1-12,14-21,23-45H,13,22H2. The summed E-state index contributed by atoms with van der Waals surface area (Å²) in [6.45, 7) is 0. The predicted molar refractivity (Wildman–Crippen MR) is 342 cm³/mol. The summed E-state index contributed by atoms with van der Waals surface area (Å²) in [7, 11) is 0. The first-order valence-electron chi connectivity index (χ1n) is 27.4. The summed E-state index contributed by atoms with van der Waals surface area (Å²) >= 11 is 3.82. The van der Waals surface area contributed by atoms with E-state index in [1.54, 1.807) is 0 Å². The van der Waals surface area contributed by atoms with E-state index in [1.165, 1.54) is 167 Å². The SMILES string of the molecule is C1=c2ccc3c(-n4c5ccc(-c6cc(-c7ccccc7)cc7c6sc6ccc(-c8ccccc8)cc67)cc5c5cc(-c6cc(-c7ccccc7)cc7c6sc6ccc(-c8ccccc8)cc67)ccc54)ccc4ccc(c2c43)CC1. The number of fused-ring (bicyclic) bond motifs is 9. The molecule has 1 aliphatic rings. The molecule has 0 radical (unpaired) electrons. The Kier molecular flexibility index (Phi) is 9.95. The summed E-state index contributed by atoms with van der Waals surface area (Å²) in [5.74, 6) is 0. The molecule has 3 heteroatoms. The zero-order valence-corrected chi connectivity index (χ0v) is 44.6. The average Bonchev–Trinajstić information content (AvgIpc) is 4.25. The first-order valence-corrected chi connectivity index (χ1v) is 29.1. The third kappa shape index (κ3) is 7.07. The molecule has 0 saturated carbocycles. The average molecular weight is 1040 g/mol. The van der Waals surface area contributed by atoms with Crippen LogP contribution in [-0.4, -0.2) is 4.57 Å². The van der Waals surface area contributed by atoms with Gasteiger partial charge in [0, 0.05) is 67.6 Å². The van der Waals surface area contributed by atoms with Crippen LogP contribution >= 0.6 is 22.7 Å². The Labute approximate surface area is 464 Å². The zero-order chi connectivity index (χ0) is 51.7. The highest BCUT2D eigenvalue weighted by Gasteiger charge is 2.23. The molecule has 17 rings (SSSR count). The van der Waals surface area contributed by atoms with Gasteiger partial charge in [0.2, 0.25) is 0 Å². The second-order valence-corrected chi connectivity index (χ2v) is 23.5. The Morgan fingerprint density at radius 3 is 1.28 bits per heavy atom. The minimum atomic E-state index is 1.08. The van der Waals surface area contributed by atoms with Gasteiger partial charge in [-0.3, -0.25) is 0 Å². The lowest BCUT2D eigenvalue weighted by Crippen LogP contribution is -2.10. The summed E-state index contributed by atoms with van der Waals surface area (Å²) in [6.07, 6.45) is 4.59. The number of benzene rings is 13. The van der Waals surface area contributed by atoms with E-state index < -0.39 is 0 Å². The van der Waals surface area contributed by atoms with Gasteiger partial charge in [-0.05, 0) is 174 Å². The Balaban J connectivity index is 0.940. The van der Waals surface area contributed by atoms with Gasteiger partial charge in [-0.25, -0.2) is 0 Å². The molecule has 0 saturated heterocycles. The summed E-state index contributed by atoms with van der Waals surface area (Å²) in [6, 6.07) is 96.0. The zero-order valence-electron chi connectivity index (χ0n) is 43.0. The van der Waals surface area contributed by atoms with Crippen molar-refractivity contribution in [3.8, 4) is 72.4 Å². The number of aryl methyl sites for hydroxylation is 1. The molecule has 1 nitrogen and oxygen atoms in total. The van der Waals surface area contributed by atoms with Crippen LogP contribution in [0.3, 0.4) is 0 Å². The quantitative estimate of drug-likeness (QED) is 0.150. The molecule has 0 atom stereocenters. The van der Waals surface area contributed by atoms with E-state index in [0.717, 1.165) is 12.8 Å². The third-order valence-corrected chi connectivity index (χ3v) is 19.4. The van der Waals surface area contributed by atoms with E-state index in [9.17, 15) is 0 Å². The fourth-order valence-electron chi connectivity index (χ4n) is 13.2. The molecule has 79 heavy (non-hydrogen) atoms. The van der Waals surface area contributed by atoms with Crippen LogP contribution in [-0.2, 0) is 6.42 Å². The number of rotatable bonds is 7. The van der Waals surface area contributed by atoms with Gasteiger partial charge in [0.15, 0.2) is 0 Å². The molecule has 0 unspecified atom stereocenters. The van der Waals surface area contributed by atoms with Crippen LogP contribution in [0.1, 0.15) is 12.0 Å². The maximum absolute atomic E-state index is 2.56. The minimum Gasteiger partial charge on any atom is -0.309 e. The molecule has 16 aromatic rings. The molecule has 0 amide bonds. The molecule has 1 aliphatic carbocycles. The van der Waals surface area contributed by atoms with Crippen molar-refractivity contribution in [2.45, 2.75) is 12.8 Å².